The molecule has 56 heavy (non-hydrogen) atoms. The second-order valence-electron chi connectivity index (χ2n) is 14.5. The van der Waals surface area contributed by atoms with E-state index in [1.54, 1.807) is 0 Å². The fourth-order valence-corrected chi connectivity index (χ4v) is 8.79. The Morgan fingerprint density at radius 2 is 0.732 bits per heavy atom. The maximum absolute atomic E-state index is 2.46. The van der Waals surface area contributed by atoms with E-state index >= 15 is 0 Å². The van der Waals surface area contributed by atoms with Crippen molar-refractivity contribution < 1.29 is 0 Å². The van der Waals surface area contributed by atoms with E-state index in [9.17, 15) is 0 Å². The first-order valence-corrected chi connectivity index (χ1v) is 19.3. The molecule has 0 N–H and O–H groups in total. The van der Waals surface area contributed by atoms with Gasteiger partial charge < -0.3 is 9.13 Å². The number of aromatic nitrogens is 2. The number of fused-ring (bicyclic) bond motifs is 6. The summed E-state index contributed by atoms with van der Waals surface area (Å²) in [7, 11) is 0. The maximum atomic E-state index is 2.46. The lowest BCUT2D eigenvalue weighted by Gasteiger charge is -2.15. The smallest absolute Gasteiger partial charge is 0.0547 e. The first kappa shape index (κ1) is 32.0. The molecule has 9 aromatic carbocycles. The minimum atomic E-state index is 1.16. The molecule has 0 aliphatic carbocycles. The van der Waals surface area contributed by atoms with Crippen LogP contribution in [0.4, 0.5) is 0 Å². The zero-order chi connectivity index (χ0) is 37.0. The van der Waals surface area contributed by atoms with Gasteiger partial charge in [0.15, 0.2) is 0 Å². The maximum Gasteiger partial charge on any atom is 0.0547 e. The summed E-state index contributed by atoms with van der Waals surface area (Å²) in [4.78, 5) is 0. The Hall–Kier alpha value is -7.42. The molecule has 0 fully saturated rings. The van der Waals surface area contributed by atoms with Crippen LogP contribution in [0.2, 0.25) is 0 Å². The molecule has 0 aliphatic rings. The molecular formula is C54H36N2. The average Bonchev–Trinajstić information content (AvgIpc) is 3.79. The van der Waals surface area contributed by atoms with Crippen LogP contribution in [0.5, 0.6) is 0 Å². The number of hydrogen-bond acceptors (Lipinski definition) is 0. The van der Waals surface area contributed by atoms with Crippen LogP contribution in [-0.2, 0) is 0 Å². The van der Waals surface area contributed by atoms with Gasteiger partial charge >= 0.3 is 0 Å². The molecule has 0 atom stereocenters. The van der Waals surface area contributed by atoms with Crippen molar-refractivity contribution in [2.24, 2.45) is 0 Å². The first-order valence-electron chi connectivity index (χ1n) is 19.3. The number of nitrogens with zero attached hydrogens (tertiary/aromatic N) is 2. The predicted octanol–water partition coefficient (Wildman–Crippen LogP) is 14.5. The highest BCUT2D eigenvalue weighted by molar-refractivity contribution is 6.16. The van der Waals surface area contributed by atoms with E-state index in [1.807, 2.05) is 0 Å². The number of para-hydroxylation sites is 3. The van der Waals surface area contributed by atoms with Gasteiger partial charge in [-0.05, 0) is 99.6 Å². The van der Waals surface area contributed by atoms with E-state index in [0.717, 1.165) is 11.4 Å². The molecule has 0 saturated carbocycles. The molecule has 0 amide bonds. The third-order valence-electron chi connectivity index (χ3n) is 11.3. The van der Waals surface area contributed by atoms with Crippen molar-refractivity contribution in [1.82, 2.24) is 9.13 Å². The molecule has 0 spiro atoms. The Morgan fingerprint density at radius 1 is 0.250 bits per heavy atom. The van der Waals surface area contributed by atoms with Crippen LogP contribution in [0.25, 0.3) is 99.5 Å². The SMILES string of the molecule is c1ccc(-c2ccc3c(c2)c2cc(-c4ccccc4)ccc2n3-c2ccccc2-c2cccc(-c3cccc4c3c3ccccc3n4-c3ccccc3)c2)cc1. The lowest BCUT2D eigenvalue weighted by atomic mass is 9.95. The zero-order valence-corrected chi connectivity index (χ0v) is 30.7. The van der Waals surface area contributed by atoms with Crippen LogP contribution >= 0.6 is 0 Å². The van der Waals surface area contributed by atoms with Gasteiger partial charge in [-0.25, -0.2) is 0 Å². The summed E-state index contributed by atoms with van der Waals surface area (Å²) >= 11 is 0. The number of rotatable bonds is 6. The number of hydrogen-bond donors (Lipinski definition) is 0. The normalized spacial score (nSPS) is 11.6. The monoisotopic (exact) mass is 712 g/mol. The highest BCUT2D eigenvalue weighted by Gasteiger charge is 2.19. The van der Waals surface area contributed by atoms with Gasteiger partial charge in [-0.2, -0.15) is 0 Å². The van der Waals surface area contributed by atoms with Gasteiger partial charge in [-0.3, -0.25) is 0 Å². The van der Waals surface area contributed by atoms with Crippen LogP contribution in [-0.4, -0.2) is 9.13 Å². The summed E-state index contributed by atoms with van der Waals surface area (Å²) in [6.07, 6.45) is 0. The van der Waals surface area contributed by atoms with Gasteiger partial charge in [0.2, 0.25) is 0 Å². The minimum absolute atomic E-state index is 1.16. The largest absolute Gasteiger partial charge is 0.309 e. The van der Waals surface area contributed by atoms with Crippen LogP contribution in [0, 0.1) is 0 Å². The second kappa shape index (κ2) is 13.2. The van der Waals surface area contributed by atoms with Crippen molar-refractivity contribution in [2.45, 2.75) is 0 Å². The Balaban J connectivity index is 1.11. The Morgan fingerprint density at radius 3 is 1.41 bits per heavy atom. The molecule has 2 nitrogen and oxygen atoms in total. The lowest BCUT2D eigenvalue weighted by molar-refractivity contribution is 1.18. The van der Waals surface area contributed by atoms with Crippen molar-refractivity contribution in [1.29, 1.82) is 0 Å². The number of benzene rings is 9. The van der Waals surface area contributed by atoms with E-state index in [-0.39, 0.29) is 0 Å². The standard InChI is InChI=1S/C54H36N2/c1-4-16-37(17-5-1)39-30-32-51-47(35-39)48-36-40(38-18-6-2-7-19-38)31-33-52(48)56(51)49-27-12-10-24-44(49)41-20-14-21-42(34-41)45-26-15-29-53-54(45)46-25-11-13-28-50(46)55(53)43-22-8-3-9-23-43/h1-36H. The van der Waals surface area contributed by atoms with Crippen LogP contribution < -0.4 is 0 Å². The van der Waals surface area contributed by atoms with Gasteiger partial charge in [0, 0.05) is 32.8 Å². The Bertz CT molecular complexity index is 3130. The predicted molar refractivity (Wildman–Crippen MR) is 237 cm³/mol. The Kier molecular flexibility index (Phi) is 7.53. The minimum Gasteiger partial charge on any atom is -0.309 e. The van der Waals surface area contributed by atoms with Crippen molar-refractivity contribution >= 4 is 43.6 Å². The Labute approximate surface area is 325 Å². The molecule has 0 saturated heterocycles. The summed E-state index contributed by atoms with van der Waals surface area (Å²) in [5.74, 6) is 0. The fourth-order valence-electron chi connectivity index (χ4n) is 8.79. The van der Waals surface area contributed by atoms with Crippen molar-refractivity contribution in [2.75, 3.05) is 0 Å². The highest BCUT2D eigenvalue weighted by Crippen LogP contribution is 2.42. The molecule has 0 bridgehead atoms. The van der Waals surface area contributed by atoms with E-state index in [1.165, 1.54) is 88.1 Å². The van der Waals surface area contributed by atoms with Crippen molar-refractivity contribution in [3.8, 4) is 55.9 Å². The summed E-state index contributed by atoms with van der Waals surface area (Å²) in [6, 6.07) is 79.4. The van der Waals surface area contributed by atoms with Crippen LogP contribution in [0.3, 0.4) is 0 Å². The van der Waals surface area contributed by atoms with E-state index in [0.29, 0.717) is 0 Å². The molecule has 11 rings (SSSR count). The topological polar surface area (TPSA) is 9.86 Å². The summed E-state index contributed by atoms with van der Waals surface area (Å²) in [5.41, 5.74) is 16.8. The van der Waals surface area contributed by atoms with E-state index in [4.69, 9.17) is 0 Å². The molecule has 2 heteroatoms. The van der Waals surface area contributed by atoms with Gasteiger partial charge in [0.1, 0.15) is 0 Å². The van der Waals surface area contributed by atoms with E-state index in [2.05, 4.69) is 228 Å². The first-order chi connectivity index (χ1) is 27.8. The molecule has 0 radical (unpaired) electrons. The molecule has 262 valence electrons. The van der Waals surface area contributed by atoms with Crippen LogP contribution in [0.15, 0.2) is 218 Å². The van der Waals surface area contributed by atoms with Crippen molar-refractivity contribution in [3.05, 3.63) is 218 Å². The third kappa shape index (κ3) is 5.19. The fraction of sp³-hybridized carbons (Fsp3) is 0. The zero-order valence-electron chi connectivity index (χ0n) is 30.7. The van der Waals surface area contributed by atoms with Gasteiger partial charge in [-0.1, -0.05) is 158 Å². The molecule has 11 aromatic rings. The molecule has 2 aromatic heterocycles. The lowest BCUT2D eigenvalue weighted by Crippen LogP contribution is -1.97. The van der Waals surface area contributed by atoms with Gasteiger partial charge in [-0.15, -0.1) is 0 Å². The highest BCUT2D eigenvalue weighted by atomic mass is 15.0. The summed E-state index contributed by atoms with van der Waals surface area (Å²) < 4.78 is 4.85. The van der Waals surface area contributed by atoms with Crippen LogP contribution in [0.1, 0.15) is 0 Å². The second-order valence-corrected chi connectivity index (χ2v) is 14.5. The molecule has 0 aliphatic heterocycles. The van der Waals surface area contributed by atoms with Gasteiger partial charge in [0.05, 0.1) is 27.8 Å². The molecule has 0 unspecified atom stereocenters. The average molecular weight is 713 g/mol. The quantitative estimate of drug-likeness (QED) is 0.162. The molecule has 2 heterocycles. The van der Waals surface area contributed by atoms with E-state index < -0.39 is 0 Å². The third-order valence-corrected chi connectivity index (χ3v) is 11.3. The van der Waals surface area contributed by atoms with Crippen molar-refractivity contribution in [3.63, 3.8) is 0 Å². The van der Waals surface area contributed by atoms with Gasteiger partial charge in [0.25, 0.3) is 0 Å². The summed E-state index contributed by atoms with van der Waals surface area (Å²) in [6.45, 7) is 0. The summed E-state index contributed by atoms with van der Waals surface area (Å²) in [5, 5.41) is 5.00. The molecular weight excluding hydrogens is 677 g/mol.